The maximum absolute atomic E-state index is 12.5. The van der Waals surface area contributed by atoms with Gasteiger partial charge in [0, 0.05) is 50.9 Å². The molecule has 1 fully saturated rings. The number of hydrogen-bond donors (Lipinski definition) is 2. The van der Waals surface area contributed by atoms with E-state index in [1.54, 1.807) is 31.1 Å². The molecule has 1 saturated heterocycles. The van der Waals surface area contributed by atoms with Gasteiger partial charge in [0.25, 0.3) is 11.8 Å². The SMILES string of the molecule is COc1cccc(-c2cc(C(=O)NCCN3CCN(C(=O)c4cc(C)on4)CC3)[nH]n2)c1. The summed E-state index contributed by atoms with van der Waals surface area (Å²) in [6, 6.07) is 10.9. The molecule has 0 atom stereocenters. The second kappa shape index (κ2) is 9.65. The molecule has 2 aromatic heterocycles. The van der Waals surface area contributed by atoms with Crippen molar-refractivity contribution in [3.05, 3.63) is 53.5 Å². The summed E-state index contributed by atoms with van der Waals surface area (Å²) in [4.78, 5) is 28.9. The van der Waals surface area contributed by atoms with Gasteiger partial charge >= 0.3 is 0 Å². The molecule has 10 heteroatoms. The van der Waals surface area contributed by atoms with Crippen molar-refractivity contribution >= 4 is 11.8 Å². The van der Waals surface area contributed by atoms with Crippen LogP contribution in [0, 0.1) is 6.92 Å². The minimum absolute atomic E-state index is 0.110. The first-order chi connectivity index (χ1) is 15.5. The lowest BCUT2D eigenvalue weighted by Crippen LogP contribution is -2.50. The number of aryl methyl sites for hydroxylation is 1. The Balaban J connectivity index is 1.22. The van der Waals surface area contributed by atoms with E-state index < -0.39 is 0 Å². The molecule has 0 radical (unpaired) electrons. The van der Waals surface area contributed by atoms with Crippen LogP contribution in [0.25, 0.3) is 11.3 Å². The predicted octanol–water partition coefficient (Wildman–Crippen LogP) is 1.57. The number of ether oxygens (including phenoxy) is 1. The van der Waals surface area contributed by atoms with Gasteiger partial charge < -0.3 is 19.5 Å². The van der Waals surface area contributed by atoms with Gasteiger partial charge in [-0.05, 0) is 25.1 Å². The third-order valence-corrected chi connectivity index (χ3v) is 5.41. The van der Waals surface area contributed by atoms with Crippen molar-refractivity contribution in [2.45, 2.75) is 6.92 Å². The summed E-state index contributed by atoms with van der Waals surface area (Å²) in [5, 5.41) is 13.7. The fourth-order valence-electron chi connectivity index (χ4n) is 3.59. The highest BCUT2D eigenvalue weighted by molar-refractivity contribution is 5.93. The van der Waals surface area contributed by atoms with Gasteiger partial charge in [-0.2, -0.15) is 5.10 Å². The van der Waals surface area contributed by atoms with E-state index in [2.05, 4.69) is 25.6 Å². The van der Waals surface area contributed by atoms with Crippen molar-refractivity contribution in [1.29, 1.82) is 0 Å². The van der Waals surface area contributed by atoms with E-state index in [4.69, 9.17) is 9.26 Å². The van der Waals surface area contributed by atoms with Crippen molar-refractivity contribution in [1.82, 2.24) is 30.5 Å². The molecule has 0 bridgehead atoms. The second-order valence-corrected chi connectivity index (χ2v) is 7.61. The number of amides is 2. The smallest absolute Gasteiger partial charge is 0.276 e. The van der Waals surface area contributed by atoms with Crippen molar-refractivity contribution in [2.24, 2.45) is 0 Å². The Morgan fingerprint density at radius 1 is 1.19 bits per heavy atom. The highest BCUT2D eigenvalue weighted by atomic mass is 16.5. The summed E-state index contributed by atoms with van der Waals surface area (Å²) in [5.41, 5.74) is 2.29. The third kappa shape index (κ3) is 4.97. The van der Waals surface area contributed by atoms with Crippen LogP contribution in [0.1, 0.15) is 26.7 Å². The van der Waals surface area contributed by atoms with Gasteiger partial charge in [-0.25, -0.2) is 0 Å². The van der Waals surface area contributed by atoms with Crippen molar-refractivity contribution in [2.75, 3.05) is 46.4 Å². The van der Waals surface area contributed by atoms with Gasteiger partial charge in [0.05, 0.1) is 12.8 Å². The van der Waals surface area contributed by atoms with Crippen LogP contribution in [0.4, 0.5) is 0 Å². The molecule has 0 unspecified atom stereocenters. The van der Waals surface area contributed by atoms with Crippen LogP contribution in [0.5, 0.6) is 5.75 Å². The molecule has 0 aliphatic carbocycles. The molecule has 2 N–H and O–H groups in total. The second-order valence-electron chi connectivity index (χ2n) is 7.61. The molecule has 2 amide bonds. The molecule has 1 aliphatic rings. The van der Waals surface area contributed by atoms with Gasteiger partial charge in [0.15, 0.2) is 5.69 Å². The number of nitrogens with zero attached hydrogens (tertiary/aromatic N) is 4. The van der Waals surface area contributed by atoms with E-state index in [9.17, 15) is 9.59 Å². The maximum Gasteiger partial charge on any atom is 0.276 e. The Morgan fingerprint density at radius 2 is 2.00 bits per heavy atom. The Labute approximate surface area is 185 Å². The van der Waals surface area contributed by atoms with Crippen molar-refractivity contribution in [3.8, 4) is 17.0 Å². The number of nitrogens with one attached hydrogen (secondary N) is 2. The van der Waals surface area contributed by atoms with Crippen LogP contribution in [0.2, 0.25) is 0 Å². The van der Waals surface area contributed by atoms with Crippen LogP contribution in [-0.4, -0.2) is 83.3 Å². The number of aromatic amines is 1. The first-order valence-corrected chi connectivity index (χ1v) is 10.5. The van der Waals surface area contributed by atoms with E-state index in [1.807, 2.05) is 24.3 Å². The van der Waals surface area contributed by atoms with Gasteiger partial charge in [-0.3, -0.25) is 19.6 Å². The van der Waals surface area contributed by atoms with Crippen LogP contribution >= 0.6 is 0 Å². The average molecular weight is 438 g/mol. The molecule has 32 heavy (non-hydrogen) atoms. The van der Waals surface area contributed by atoms with Crippen LogP contribution in [0.3, 0.4) is 0 Å². The van der Waals surface area contributed by atoms with Gasteiger partial charge in [-0.15, -0.1) is 0 Å². The Bertz CT molecular complexity index is 1080. The predicted molar refractivity (Wildman–Crippen MR) is 116 cm³/mol. The molecule has 168 valence electrons. The molecule has 4 rings (SSSR count). The summed E-state index contributed by atoms with van der Waals surface area (Å²) in [5.74, 6) is 1.04. The number of carbonyl (C=O) groups excluding carboxylic acids is 2. The summed E-state index contributed by atoms with van der Waals surface area (Å²) in [7, 11) is 1.61. The molecular formula is C22H26N6O4. The lowest BCUT2D eigenvalue weighted by atomic mass is 10.1. The highest BCUT2D eigenvalue weighted by Gasteiger charge is 2.24. The normalized spacial score (nSPS) is 14.4. The third-order valence-electron chi connectivity index (χ3n) is 5.41. The molecule has 3 aromatic rings. The standard InChI is InChI=1S/C22H26N6O4/c1-15-12-20(26-32-15)22(30)28-10-8-27(9-11-28)7-6-23-21(29)19-14-18(24-25-19)16-4-3-5-17(13-16)31-2/h3-5,12-14H,6-11H2,1-2H3,(H,23,29)(H,24,25). The average Bonchev–Trinajstić information content (AvgIpc) is 3.49. The molecule has 0 saturated carbocycles. The molecule has 1 aromatic carbocycles. The van der Waals surface area contributed by atoms with E-state index in [1.165, 1.54) is 0 Å². The minimum atomic E-state index is -0.207. The number of carbonyl (C=O) groups is 2. The minimum Gasteiger partial charge on any atom is -0.497 e. The fourth-order valence-corrected chi connectivity index (χ4v) is 3.59. The molecular weight excluding hydrogens is 412 g/mol. The Hall–Kier alpha value is -3.66. The van der Waals surface area contributed by atoms with E-state index in [0.717, 1.165) is 24.4 Å². The van der Waals surface area contributed by atoms with Gasteiger partial charge in [0.1, 0.15) is 17.2 Å². The monoisotopic (exact) mass is 438 g/mol. The van der Waals surface area contributed by atoms with Crippen LogP contribution in [-0.2, 0) is 0 Å². The molecule has 0 spiro atoms. The first-order valence-electron chi connectivity index (χ1n) is 10.5. The van der Waals surface area contributed by atoms with Crippen molar-refractivity contribution in [3.63, 3.8) is 0 Å². The van der Waals surface area contributed by atoms with E-state index in [0.29, 0.717) is 49.0 Å². The number of H-pyrrole nitrogens is 1. The zero-order valence-corrected chi connectivity index (χ0v) is 18.1. The maximum atomic E-state index is 12.5. The number of rotatable bonds is 7. The summed E-state index contributed by atoms with van der Waals surface area (Å²) >= 11 is 0. The number of piperazine rings is 1. The first kappa shape index (κ1) is 21.6. The number of hydrogen-bond acceptors (Lipinski definition) is 7. The topological polar surface area (TPSA) is 117 Å². The molecule has 1 aliphatic heterocycles. The highest BCUT2D eigenvalue weighted by Crippen LogP contribution is 2.22. The van der Waals surface area contributed by atoms with Gasteiger partial charge in [-0.1, -0.05) is 17.3 Å². The summed E-state index contributed by atoms with van der Waals surface area (Å²) in [6.07, 6.45) is 0. The summed E-state index contributed by atoms with van der Waals surface area (Å²) < 4.78 is 10.2. The molecule has 10 nitrogen and oxygen atoms in total. The fraction of sp³-hybridized carbons (Fsp3) is 0.364. The zero-order chi connectivity index (χ0) is 22.5. The number of benzene rings is 1. The lowest BCUT2D eigenvalue weighted by molar-refractivity contribution is 0.0628. The Kier molecular flexibility index (Phi) is 6.50. The molecule has 3 heterocycles. The number of methoxy groups -OCH3 is 1. The zero-order valence-electron chi connectivity index (χ0n) is 18.1. The van der Waals surface area contributed by atoms with Crippen LogP contribution in [0.15, 0.2) is 40.9 Å². The van der Waals surface area contributed by atoms with E-state index >= 15 is 0 Å². The Morgan fingerprint density at radius 3 is 2.72 bits per heavy atom. The van der Waals surface area contributed by atoms with Crippen LogP contribution < -0.4 is 10.1 Å². The summed E-state index contributed by atoms with van der Waals surface area (Å²) in [6.45, 7) is 5.67. The van der Waals surface area contributed by atoms with Gasteiger partial charge in [0.2, 0.25) is 0 Å². The number of aromatic nitrogens is 3. The largest absolute Gasteiger partial charge is 0.497 e. The van der Waals surface area contributed by atoms with E-state index in [-0.39, 0.29) is 11.8 Å². The van der Waals surface area contributed by atoms with Crippen molar-refractivity contribution < 1.29 is 18.8 Å². The lowest BCUT2D eigenvalue weighted by Gasteiger charge is -2.34. The quantitative estimate of drug-likeness (QED) is 0.575.